The monoisotopic (exact) mass is 635 g/mol. The minimum Gasteiger partial charge on any atom is -0.392 e. The molecule has 0 radical (unpaired) electrons. The molecule has 0 aliphatic carbocycles. The molecule has 3 aromatic heterocycles. The van der Waals surface area contributed by atoms with Crippen molar-refractivity contribution in [2.24, 2.45) is 7.05 Å². The van der Waals surface area contributed by atoms with Crippen molar-refractivity contribution in [3.8, 4) is 16.9 Å². The van der Waals surface area contributed by atoms with E-state index in [0.717, 1.165) is 25.9 Å². The Labute approximate surface area is 271 Å². The number of anilines is 2. The first kappa shape index (κ1) is 32.0. The molecule has 0 bridgehead atoms. The van der Waals surface area contributed by atoms with Gasteiger partial charge in [-0.05, 0) is 91.8 Å². The summed E-state index contributed by atoms with van der Waals surface area (Å²) in [7, 11) is 3.67. The lowest BCUT2D eigenvalue weighted by molar-refractivity contribution is 0.255. The van der Waals surface area contributed by atoms with Crippen molar-refractivity contribution in [2.75, 3.05) is 25.5 Å². The normalized spacial score (nSPS) is 14.4. The number of hydrogen-bond donors (Lipinski definition) is 3. The predicted molar refractivity (Wildman–Crippen MR) is 183 cm³/mol. The highest BCUT2D eigenvalue weighted by Crippen LogP contribution is 2.31. The van der Waals surface area contributed by atoms with Crippen LogP contribution in [0.1, 0.15) is 49.3 Å². The second-order valence-electron chi connectivity index (χ2n) is 12.8. The fourth-order valence-electron chi connectivity index (χ4n) is 6.21. The standard InChI is InChI=1S/C36H38FN7O3/c1-36(2,21-38)25-16-23-12-15-44(35(47)33(23)28(37)17-25)31-7-5-6-26(27(31)20-45)29-18-30(34(46)43(4)41-29)40-32-9-8-24(19-39-32)22-10-13-42(3)14-11-22/h5-9,12,15-19,21-22,38,45H,10-11,13-14,20H2,1-4H3,(H,39,40). The molecule has 1 aliphatic heterocycles. The first-order valence-electron chi connectivity index (χ1n) is 15.6. The lowest BCUT2D eigenvalue weighted by Crippen LogP contribution is -2.29. The van der Waals surface area contributed by atoms with Crippen molar-refractivity contribution in [1.82, 2.24) is 24.2 Å². The molecule has 1 fully saturated rings. The van der Waals surface area contributed by atoms with E-state index < -0.39 is 23.4 Å². The van der Waals surface area contributed by atoms with Gasteiger partial charge in [-0.25, -0.2) is 14.1 Å². The van der Waals surface area contributed by atoms with Crippen LogP contribution in [-0.4, -0.2) is 55.7 Å². The SMILES string of the molecule is CN1CCC(c2ccc(Nc3cc(-c4cccc(-n5ccc6cc(C(C)(C)C=N)cc(F)c6c5=O)c4CO)nn(C)c3=O)nc2)CC1. The zero-order chi connectivity index (χ0) is 33.5. The Morgan fingerprint density at radius 1 is 1.06 bits per heavy atom. The maximum atomic E-state index is 15.4. The zero-order valence-corrected chi connectivity index (χ0v) is 26.9. The van der Waals surface area contributed by atoms with Gasteiger partial charge in [0, 0.05) is 42.2 Å². The van der Waals surface area contributed by atoms with Gasteiger partial charge >= 0.3 is 0 Å². The summed E-state index contributed by atoms with van der Waals surface area (Å²) in [6.45, 7) is 5.26. The number of hydrogen-bond acceptors (Lipinski definition) is 8. The molecule has 0 spiro atoms. The highest BCUT2D eigenvalue weighted by atomic mass is 19.1. The van der Waals surface area contributed by atoms with Gasteiger partial charge in [-0.3, -0.25) is 14.2 Å². The second kappa shape index (κ2) is 12.7. The van der Waals surface area contributed by atoms with E-state index >= 15 is 4.39 Å². The Balaban J connectivity index is 1.37. The molecule has 1 aliphatic rings. The van der Waals surface area contributed by atoms with Gasteiger partial charge in [0.1, 0.15) is 17.3 Å². The quantitative estimate of drug-likeness (QED) is 0.199. The summed E-state index contributed by atoms with van der Waals surface area (Å²) in [5.74, 6) is 0.293. The Morgan fingerprint density at radius 2 is 1.83 bits per heavy atom. The molecule has 242 valence electrons. The van der Waals surface area contributed by atoms with Crippen LogP contribution in [0.25, 0.3) is 27.7 Å². The number of fused-ring (bicyclic) bond motifs is 1. The van der Waals surface area contributed by atoms with Crippen molar-refractivity contribution in [3.05, 3.63) is 110 Å². The van der Waals surface area contributed by atoms with Gasteiger partial charge in [0.15, 0.2) is 0 Å². The topological polar surface area (TPSA) is 129 Å². The van der Waals surface area contributed by atoms with Crippen molar-refractivity contribution >= 4 is 28.5 Å². The maximum absolute atomic E-state index is 15.4. The first-order chi connectivity index (χ1) is 22.5. The molecule has 6 rings (SSSR count). The summed E-state index contributed by atoms with van der Waals surface area (Å²) in [6.07, 6.45) is 6.81. The predicted octanol–water partition coefficient (Wildman–Crippen LogP) is 5.26. The summed E-state index contributed by atoms with van der Waals surface area (Å²) in [4.78, 5) is 33.7. The molecule has 11 heteroatoms. The number of benzene rings is 2. The van der Waals surface area contributed by atoms with Gasteiger partial charge in [0.05, 0.1) is 23.4 Å². The minimum absolute atomic E-state index is 0.0904. The van der Waals surface area contributed by atoms with Crippen LogP contribution in [0.3, 0.4) is 0 Å². The third kappa shape index (κ3) is 6.11. The molecule has 5 aromatic rings. The number of aryl methyl sites for hydroxylation is 1. The molecular weight excluding hydrogens is 597 g/mol. The van der Waals surface area contributed by atoms with Crippen LogP contribution in [0, 0.1) is 11.2 Å². The summed E-state index contributed by atoms with van der Waals surface area (Å²) in [5, 5.41) is 26.2. The number of nitrogens with zero attached hydrogens (tertiary/aromatic N) is 5. The minimum atomic E-state index is -0.704. The average molecular weight is 636 g/mol. The van der Waals surface area contributed by atoms with Crippen LogP contribution in [0.2, 0.25) is 0 Å². The van der Waals surface area contributed by atoms with Crippen LogP contribution in [0.4, 0.5) is 15.9 Å². The van der Waals surface area contributed by atoms with Crippen molar-refractivity contribution in [2.45, 2.75) is 44.6 Å². The fourth-order valence-corrected chi connectivity index (χ4v) is 6.21. The van der Waals surface area contributed by atoms with E-state index in [9.17, 15) is 14.7 Å². The molecule has 1 saturated heterocycles. The van der Waals surface area contributed by atoms with Crippen LogP contribution in [0.15, 0.2) is 76.6 Å². The molecule has 2 aromatic carbocycles. The van der Waals surface area contributed by atoms with Crippen LogP contribution < -0.4 is 16.4 Å². The lowest BCUT2D eigenvalue weighted by Gasteiger charge is -2.29. The molecule has 10 nitrogen and oxygen atoms in total. The van der Waals surface area contributed by atoms with E-state index in [-0.39, 0.29) is 16.6 Å². The zero-order valence-electron chi connectivity index (χ0n) is 26.9. The number of piperidine rings is 1. The van der Waals surface area contributed by atoms with E-state index in [0.29, 0.717) is 45.2 Å². The van der Waals surface area contributed by atoms with Gasteiger partial charge in [-0.2, -0.15) is 5.10 Å². The van der Waals surface area contributed by atoms with Crippen LogP contribution >= 0.6 is 0 Å². The lowest BCUT2D eigenvalue weighted by atomic mass is 9.85. The van der Waals surface area contributed by atoms with Crippen molar-refractivity contribution < 1.29 is 9.50 Å². The Bertz CT molecular complexity index is 2100. The van der Waals surface area contributed by atoms with Gasteiger partial charge < -0.3 is 20.7 Å². The van der Waals surface area contributed by atoms with E-state index in [1.165, 1.54) is 27.1 Å². The summed E-state index contributed by atoms with van der Waals surface area (Å²) in [5.41, 5.74) is 2.00. The summed E-state index contributed by atoms with van der Waals surface area (Å²) >= 11 is 0. The number of pyridine rings is 2. The smallest absolute Gasteiger partial charge is 0.290 e. The second-order valence-corrected chi connectivity index (χ2v) is 12.8. The average Bonchev–Trinajstić information content (AvgIpc) is 3.07. The van der Waals surface area contributed by atoms with Gasteiger partial charge in [-0.15, -0.1) is 0 Å². The number of halogens is 1. The number of likely N-dealkylation sites (tertiary alicyclic amines) is 1. The van der Waals surface area contributed by atoms with E-state index in [4.69, 9.17) is 5.41 Å². The molecular formula is C36H38FN7O3. The number of aliphatic hydroxyl groups excluding tert-OH is 1. The van der Waals surface area contributed by atoms with Crippen LogP contribution in [0.5, 0.6) is 0 Å². The number of aliphatic hydroxyl groups is 1. The van der Waals surface area contributed by atoms with Crippen LogP contribution in [-0.2, 0) is 19.1 Å². The highest BCUT2D eigenvalue weighted by molar-refractivity contribution is 5.85. The first-order valence-corrected chi connectivity index (χ1v) is 15.6. The number of rotatable bonds is 8. The molecule has 0 saturated carbocycles. The fraction of sp³-hybridized carbons (Fsp3) is 0.306. The van der Waals surface area contributed by atoms with E-state index in [1.54, 1.807) is 63.5 Å². The Hall–Kier alpha value is -5.00. The number of nitrogens with one attached hydrogen (secondary N) is 2. The van der Waals surface area contributed by atoms with Crippen molar-refractivity contribution in [3.63, 3.8) is 0 Å². The third-order valence-electron chi connectivity index (χ3n) is 9.21. The molecule has 3 N–H and O–H groups in total. The van der Waals surface area contributed by atoms with Gasteiger partial charge in [-0.1, -0.05) is 32.0 Å². The van der Waals surface area contributed by atoms with Gasteiger partial charge in [0.2, 0.25) is 0 Å². The molecule has 0 unspecified atom stereocenters. The maximum Gasteiger partial charge on any atom is 0.290 e. The summed E-state index contributed by atoms with van der Waals surface area (Å²) in [6, 6.07) is 15.3. The molecule has 4 heterocycles. The molecule has 47 heavy (non-hydrogen) atoms. The highest BCUT2D eigenvalue weighted by Gasteiger charge is 2.23. The van der Waals surface area contributed by atoms with E-state index in [1.807, 2.05) is 18.3 Å². The molecule has 0 amide bonds. The molecule has 0 atom stereocenters. The Morgan fingerprint density at radius 3 is 2.51 bits per heavy atom. The van der Waals surface area contributed by atoms with Crippen molar-refractivity contribution in [1.29, 1.82) is 5.41 Å². The summed E-state index contributed by atoms with van der Waals surface area (Å²) < 4.78 is 18.0. The number of aromatic nitrogens is 4. The van der Waals surface area contributed by atoms with E-state index in [2.05, 4.69) is 27.3 Å². The third-order valence-corrected chi connectivity index (χ3v) is 9.21. The largest absolute Gasteiger partial charge is 0.392 e. The van der Waals surface area contributed by atoms with Gasteiger partial charge in [0.25, 0.3) is 11.1 Å². The Kier molecular flexibility index (Phi) is 8.61.